The summed E-state index contributed by atoms with van der Waals surface area (Å²) in [4.78, 5) is 2.53. The minimum absolute atomic E-state index is 0.0388. The van der Waals surface area contributed by atoms with Crippen molar-refractivity contribution in [2.45, 2.75) is 23.8 Å². The van der Waals surface area contributed by atoms with E-state index in [-0.39, 0.29) is 11.7 Å². The van der Waals surface area contributed by atoms with Crippen LogP contribution in [0.1, 0.15) is 29.0 Å². The van der Waals surface area contributed by atoms with Crippen LogP contribution in [0.5, 0.6) is 0 Å². The Morgan fingerprint density at radius 1 is 1.00 bits per heavy atom. The van der Waals surface area contributed by atoms with Crippen LogP contribution in [0.4, 0.5) is 0 Å². The number of benzene rings is 2. The molecule has 0 aromatic heterocycles. The van der Waals surface area contributed by atoms with Gasteiger partial charge in [0.25, 0.3) is 0 Å². The lowest BCUT2D eigenvalue weighted by molar-refractivity contribution is 0.0251. The summed E-state index contributed by atoms with van der Waals surface area (Å²) in [7, 11) is 0.290. The topological polar surface area (TPSA) is 65.1 Å². The summed E-state index contributed by atoms with van der Waals surface area (Å²) < 4.78 is 41.1. The van der Waals surface area contributed by atoms with Crippen molar-refractivity contribution in [1.29, 1.82) is 0 Å². The summed E-state index contributed by atoms with van der Waals surface area (Å²) in [5.74, 6) is 0.114. The van der Waals surface area contributed by atoms with Gasteiger partial charge in [-0.15, -0.1) is 0 Å². The molecule has 33 heavy (non-hydrogen) atoms. The van der Waals surface area contributed by atoms with Gasteiger partial charge in [-0.1, -0.05) is 35.3 Å². The molecule has 0 bridgehead atoms. The van der Waals surface area contributed by atoms with E-state index in [1.54, 1.807) is 25.3 Å². The third-order valence-corrected chi connectivity index (χ3v) is 8.01. The van der Waals surface area contributed by atoms with Gasteiger partial charge in [0.15, 0.2) is 9.84 Å². The van der Waals surface area contributed by atoms with E-state index in [2.05, 4.69) is 4.90 Å². The number of likely N-dealkylation sites (N-methyl/N-ethyl adjacent to an activating group) is 1. The van der Waals surface area contributed by atoms with Crippen LogP contribution < -0.4 is 0 Å². The normalized spacial score (nSPS) is 16.7. The van der Waals surface area contributed by atoms with Gasteiger partial charge in [0, 0.05) is 42.8 Å². The zero-order valence-electron chi connectivity index (χ0n) is 19.1. The Balaban J connectivity index is 1.58. The van der Waals surface area contributed by atoms with Crippen LogP contribution in [-0.2, 0) is 30.6 Å². The van der Waals surface area contributed by atoms with Crippen molar-refractivity contribution in [3.8, 4) is 0 Å². The molecule has 1 heterocycles. The lowest BCUT2D eigenvalue weighted by atomic mass is 9.85. The number of halogens is 2. The first-order valence-electron chi connectivity index (χ1n) is 11.0. The van der Waals surface area contributed by atoms with E-state index in [9.17, 15) is 8.42 Å². The fourth-order valence-corrected chi connectivity index (χ4v) is 5.82. The highest BCUT2D eigenvalue weighted by Crippen LogP contribution is 2.38. The third-order valence-electron chi connectivity index (χ3n) is 5.64. The maximum absolute atomic E-state index is 12.7. The SMILES string of the molecule is COCCOCCOCCCS(=O)(=O)c1ccc([C@@H]2CN(C)Cc3c(Cl)cc(Cl)cc32)cc1. The molecule has 0 amide bonds. The Kier molecular flexibility index (Phi) is 10.0. The van der Waals surface area contributed by atoms with E-state index in [4.69, 9.17) is 37.4 Å². The minimum atomic E-state index is -3.38. The number of nitrogens with zero attached hydrogens (tertiary/aromatic N) is 1. The van der Waals surface area contributed by atoms with Crippen molar-refractivity contribution >= 4 is 33.0 Å². The Bertz CT molecular complexity index is 1010. The van der Waals surface area contributed by atoms with Crippen molar-refractivity contribution in [3.63, 3.8) is 0 Å². The zero-order chi connectivity index (χ0) is 23.8. The molecule has 1 aliphatic heterocycles. The monoisotopic (exact) mass is 515 g/mol. The first-order chi connectivity index (χ1) is 15.8. The molecule has 0 aliphatic carbocycles. The molecule has 0 saturated heterocycles. The maximum Gasteiger partial charge on any atom is 0.178 e. The van der Waals surface area contributed by atoms with Gasteiger partial charge in [-0.05, 0) is 54.4 Å². The summed E-state index contributed by atoms with van der Waals surface area (Å²) in [6.07, 6.45) is 0.431. The van der Waals surface area contributed by atoms with Crippen molar-refractivity contribution in [1.82, 2.24) is 4.90 Å². The van der Waals surface area contributed by atoms with E-state index in [0.717, 1.165) is 29.8 Å². The van der Waals surface area contributed by atoms with Crippen LogP contribution in [-0.4, -0.2) is 72.8 Å². The first-order valence-corrected chi connectivity index (χ1v) is 13.4. The fourth-order valence-electron chi connectivity index (χ4n) is 3.97. The molecule has 6 nitrogen and oxygen atoms in total. The standard InChI is InChI=1S/C24H31Cl2NO5S/c1-27-16-22(21-14-19(25)15-24(26)23(21)17-27)18-4-6-20(7-5-18)33(28,29)13-3-8-31-11-12-32-10-9-30-2/h4-7,14-15,22H,3,8-13,16-17H2,1-2H3/t22-/m0/s1. The molecule has 3 rings (SSSR count). The minimum Gasteiger partial charge on any atom is -0.382 e. The van der Waals surface area contributed by atoms with Gasteiger partial charge in [-0.3, -0.25) is 0 Å². The second-order valence-corrected chi connectivity index (χ2v) is 11.1. The van der Waals surface area contributed by atoms with E-state index in [1.807, 2.05) is 25.2 Å². The van der Waals surface area contributed by atoms with Crippen LogP contribution in [0.15, 0.2) is 41.3 Å². The maximum atomic E-state index is 12.7. The number of rotatable bonds is 12. The molecule has 2 aromatic carbocycles. The summed E-state index contributed by atoms with van der Waals surface area (Å²) in [5, 5.41) is 1.27. The second-order valence-electron chi connectivity index (χ2n) is 8.16. The fraction of sp³-hybridized carbons (Fsp3) is 0.500. The lowest BCUT2D eigenvalue weighted by Gasteiger charge is -2.33. The summed E-state index contributed by atoms with van der Waals surface area (Å²) in [6, 6.07) is 10.9. The molecule has 9 heteroatoms. The average molecular weight is 516 g/mol. The van der Waals surface area contributed by atoms with Crippen LogP contribution >= 0.6 is 23.2 Å². The van der Waals surface area contributed by atoms with Gasteiger partial charge in [-0.25, -0.2) is 8.42 Å². The Labute approximate surface area is 206 Å². The number of hydrogen-bond acceptors (Lipinski definition) is 6. The molecular weight excluding hydrogens is 485 g/mol. The highest BCUT2D eigenvalue weighted by Gasteiger charge is 2.27. The van der Waals surface area contributed by atoms with Crippen molar-refractivity contribution < 1.29 is 22.6 Å². The predicted octanol–water partition coefficient (Wildman–Crippen LogP) is 4.41. The Morgan fingerprint density at radius 2 is 1.67 bits per heavy atom. The smallest absolute Gasteiger partial charge is 0.178 e. The van der Waals surface area contributed by atoms with Crippen LogP contribution in [0.25, 0.3) is 0 Å². The molecule has 0 saturated carbocycles. The van der Waals surface area contributed by atoms with Crippen LogP contribution in [0.2, 0.25) is 10.0 Å². The highest BCUT2D eigenvalue weighted by molar-refractivity contribution is 7.91. The van der Waals surface area contributed by atoms with Gasteiger partial charge in [0.2, 0.25) is 0 Å². The zero-order valence-corrected chi connectivity index (χ0v) is 21.4. The lowest BCUT2D eigenvalue weighted by Crippen LogP contribution is -2.31. The van der Waals surface area contributed by atoms with Crippen LogP contribution in [0, 0.1) is 0 Å². The number of hydrogen-bond donors (Lipinski definition) is 0. The number of sulfone groups is 1. The van der Waals surface area contributed by atoms with Crippen molar-refractivity contribution in [3.05, 3.63) is 63.1 Å². The molecule has 182 valence electrons. The van der Waals surface area contributed by atoms with Gasteiger partial charge in [0.05, 0.1) is 37.1 Å². The number of ether oxygens (including phenoxy) is 3. The van der Waals surface area contributed by atoms with Gasteiger partial charge < -0.3 is 19.1 Å². The molecule has 0 fully saturated rings. The summed E-state index contributed by atoms with van der Waals surface area (Å²) in [5.41, 5.74) is 3.21. The van der Waals surface area contributed by atoms with Crippen molar-refractivity contribution in [2.75, 3.05) is 59.5 Å². The summed E-state index contributed by atoms with van der Waals surface area (Å²) >= 11 is 12.7. The molecule has 0 N–H and O–H groups in total. The van der Waals surface area contributed by atoms with E-state index in [1.165, 1.54) is 0 Å². The quantitative estimate of drug-likeness (QED) is 0.390. The molecule has 0 spiro atoms. The summed E-state index contributed by atoms with van der Waals surface area (Å²) in [6.45, 7) is 3.91. The molecule has 0 unspecified atom stereocenters. The third kappa shape index (κ3) is 7.39. The molecular formula is C24H31Cl2NO5S. The van der Waals surface area contributed by atoms with Gasteiger partial charge >= 0.3 is 0 Å². The Morgan fingerprint density at radius 3 is 2.36 bits per heavy atom. The average Bonchev–Trinajstić information content (AvgIpc) is 2.78. The van der Waals surface area contributed by atoms with E-state index < -0.39 is 9.84 Å². The highest BCUT2D eigenvalue weighted by atomic mass is 35.5. The molecule has 1 aliphatic rings. The van der Waals surface area contributed by atoms with Crippen LogP contribution in [0.3, 0.4) is 0 Å². The van der Waals surface area contributed by atoms with E-state index in [0.29, 0.717) is 54.4 Å². The molecule has 1 atom stereocenters. The number of fused-ring (bicyclic) bond motifs is 1. The first kappa shape index (κ1) is 26.4. The largest absolute Gasteiger partial charge is 0.382 e. The van der Waals surface area contributed by atoms with Gasteiger partial charge in [-0.2, -0.15) is 0 Å². The molecule has 0 radical (unpaired) electrons. The number of methoxy groups -OCH3 is 1. The second kappa shape index (κ2) is 12.5. The van der Waals surface area contributed by atoms with E-state index >= 15 is 0 Å². The van der Waals surface area contributed by atoms with Gasteiger partial charge in [0.1, 0.15) is 0 Å². The molecule has 2 aromatic rings. The Hall–Kier alpha value is -1.19. The predicted molar refractivity (Wildman–Crippen MR) is 131 cm³/mol. The van der Waals surface area contributed by atoms with Crippen molar-refractivity contribution in [2.24, 2.45) is 0 Å².